The monoisotopic (exact) mass is 452 g/mol. The van der Waals surface area contributed by atoms with Gasteiger partial charge in [0.1, 0.15) is 18.1 Å². The van der Waals surface area contributed by atoms with Crippen LogP contribution in [0.25, 0.3) is 10.8 Å². The van der Waals surface area contributed by atoms with Crippen LogP contribution in [0.4, 0.5) is 0 Å². The number of hydrogen-bond acceptors (Lipinski definition) is 4. The van der Waals surface area contributed by atoms with Crippen LogP contribution in [0.2, 0.25) is 0 Å². The molecule has 4 aromatic rings. The molecule has 0 saturated heterocycles. The summed E-state index contributed by atoms with van der Waals surface area (Å²) in [5.74, 6) is 1.44. The summed E-state index contributed by atoms with van der Waals surface area (Å²) in [5.41, 5.74) is 5.76. The average Bonchev–Trinajstić information content (AvgIpc) is 2.89. The first-order valence-corrected chi connectivity index (χ1v) is 11.4. The molecule has 34 heavy (non-hydrogen) atoms. The van der Waals surface area contributed by atoms with Crippen LogP contribution >= 0.6 is 0 Å². The molecule has 0 aliphatic rings. The Bertz CT molecular complexity index is 1250. The Labute approximate surface area is 200 Å². The highest BCUT2D eigenvalue weighted by Gasteiger charge is 2.08. The third kappa shape index (κ3) is 6.23. The van der Waals surface area contributed by atoms with E-state index in [1.807, 2.05) is 91.0 Å². The molecule has 5 nitrogen and oxygen atoms in total. The SMILES string of the molecule is COc1ccc(CCCC(=O)NN=Cc2c(OCc3ccccc3)ccc3ccccc23)cc1. The van der Waals surface area contributed by atoms with E-state index in [-0.39, 0.29) is 5.91 Å². The number of methoxy groups -OCH3 is 1. The van der Waals surface area contributed by atoms with Gasteiger partial charge in [0.2, 0.25) is 5.91 Å². The topological polar surface area (TPSA) is 59.9 Å². The molecule has 0 bridgehead atoms. The number of aryl methyl sites for hydroxylation is 1. The quantitative estimate of drug-likeness (QED) is 0.241. The lowest BCUT2D eigenvalue weighted by Crippen LogP contribution is -2.17. The molecule has 0 aliphatic heterocycles. The molecule has 0 spiro atoms. The predicted molar refractivity (Wildman–Crippen MR) is 136 cm³/mol. The fourth-order valence-electron chi connectivity index (χ4n) is 3.74. The summed E-state index contributed by atoms with van der Waals surface area (Å²) in [7, 11) is 1.65. The van der Waals surface area contributed by atoms with Gasteiger partial charge in [0, 0.05) is 12.0 Å². The van der Waals surface area contributed by atoms with E-state index in [0.29, 0.717) is 13.0 Å². The number of nitrogens with one attached hydrogen (secondary N) is 1. The largest absolute Gasteiger partial charge is 0.497 e. The van der Waals surface area contributed by atoms with Gasteiger partial charge < -0.3 is 9.47 Å². The van der Waals surface area contributed by atoms with E-state index in [4.69, 9.17) is 9.47 Å². The number of amides is 1. The van der Waals surface area contributed by atoms with E-state index < -0.39 is 0 Å². The van der Waals surface area contributed by atoms with Crippen molar-refractivity contribution in [3.05, 3.63) is 108 Å². The van der Waals surface area contributed by atoms with Gasteiger partial charge >= 0.3 is 0 Å². The van der Waals surface area contributed by atoms with Crippen molar-refractivity contribution in [2.24, 2.45) is 5.10 Å². The number of rotatable bonds is 10. The molecule has 0 fully saturated rings. The molecule has 4 aromatic carbocycles. The van der Waals surface area contributed by atoms with Crippen LogP contribution in [-0.2, 0) is 17.8 Å². The van der Waals surface area contributed by atoms with E-state index in [0.717, 1.165) is 46.2 Å². The van der Waals surface area contributed by atoms with Gasteiger partial charge in [-0.15, -0.1) is 0 Å². The molecule has 0 aromatic heterocycles. The molecule has 0 radical (unpaired) electrons. The van der Waals surface area contributed by atoms with Crippen LogP contribution in [0.3, 0.4) is 0 Å². The molecule has 0 unspecified atom stereocenters. The number of carbonyl (C=O) groups excluding carboxylic acids is 1. The minimum absolute atomic E-state index is 0.114. The third-order valence-electron chi connectivity index (χ3n) is 5.58. The van der Waals surface area contributed by atoms with Crippen LogP contribution < -0.4 is 14.9 Å². The van der Waals surface area contributed by atoms with Crippen LogP contribution in [0.5, 0.6) is 11.5 Å². The van der Waals surface area contributed by atoms with Gasteiger partial charge in [0.05, 0.1) is 13.3 Å². The van der Waals surface area contributed by atoms with Crippen molar-refractivity contribution >= 4 is 22.9 Å². The summed E-state index contributed by atoms with van der Waals surface area (Å²) in [4.78, 5) is 12.3. The van der Waals surface area contributed by atoms with Crippen LogP contribution in [0.1, 0.15) is 29.5 Å². The van der Waals surface area contributed by atoms with Gasteiger partial charge in [-0.3, -0.25) is 4.79 Å². The lowest BCUT2D eigenvalue weighted by Gasteiger charge is -2.12. The number of hydrazone groups is 1. The maximum Gasteiger partial charge on any atom is 0.240 e. The number of carbonyl (C=O) groups is 1. The van der Waals surface area contributed by atoms with E-state index in [1.54, 1.807) is 13.3 Å². The highest BCUT2D eigenvalue weighted by molar-refractivity contribution is 6.02. The van der Waals surface area contributed by atoms with E-state index in [1.165, 1.54) is 5.56 Å². The Balaban J connectivity index is 1.38. The number of nitrogens with zero attached hydrogens (tertiary/aromatic N) is 1. The molecule has 1 N–H and O–H groups in total. The molecule has 0 saturated carbocycles. The minimum Gasteiger partial charge on any atom is -0.497 e. The maximum atomic E-state index is 12.3. The Morgan fingerprint density at radius 2 is 1.65 bits per heavy atom. The Hall–Kier alpha value is -4.12. The summed E-state index contributed by atoms with van der Waals surface area (Å²) in [6.07, 6.45) is 3.63. The minimum atomic E-state index is -0.114. The van der Waals surface area contributed by atoms with Crippen molar-refractivity contribution < 1.29 is 14.3 Å². The standard InChI is InChI=1S/C29H28N2O3/c1-33-25-17-14-22(15-18-25)10-7-13-29(32)31-30-20-27-26-12-6-5-11-24(26)16-19-28(27)34-21-23-8-3-2-4-9-23/h2-6,8-9,11-12,14-20H,7,10,13,21H2,1H3,(H,31,32). The lowest BCUT2D eigenvalue weighted by atomic mass is 10.0. The summed E-state index contributed by atoms with van der Waals surface area (Å²) in [6, 6.07) is 30.0. The molecule has 4 rings (SSSR count). The first-order chi connectivity index (χ1) is 16.7. The summed E-state index contributed by atoms with van der Waals surface area (Å²) in [6.45, 7) is 0.456. The second-order valence-corrected chi connectivity index (χ2v) is 7.97. The summed E-state index contributed by atoms with van der Waals surface area (Å²) >= 11 is 0. The van der Waals surface area contributed by atoms with Crippen molar-refractivity contribution in [3.63, 3.8) is 0 Å². The zero-order valence-corrected chi connectivity index (χ0v) is 19.2. The smallest absolute Gasteiger partial charge is 0.240 e. The molecular formula is C29H28N2O3. The Morgan fingerprint density at radius 3 is 2.44 bits per heavy atom. The van der Waals surface area contributed by atoms with Crippen molar-refractivity contribution in [1.29, 1.82) is 0 Å². The van der Waals surface area contributed by atoms with Gasteiger partial charge in [-0.05, 0) is 52.9 Å². The van der Waals surface area contributed by atoms with E-state index in [9.17, 15) is 4.79 Å². The summed E-state index contributed by atoms with van der Waals surface area (Å²) in [5, 5.41) is 6.34. The molecule has 172 valence electrons. The van der Waals surface area contributed by atoms with E-state index >= 15 is 0 Å². The van der Waals surface area contributed by atoms with Gasteiger partial charge in [-0.25, -0.2) is 5.43 Å². The first-order valence-electron chi connectivity index (χ1n) is 11.4. The molecule has 0 aliphatic carbocycles. The second kappa shape index (κ2) is 11.7. The first kappa shape index (κ1) is 23.1. The highest BCUT2D eigenvalue weighted by atomic mass is 16.5. The van der Waals surface area contributed by atoms with Gasteiger partial charge in [-0.2, -0.15) is 5.10 Å². The summed E-state index contributed by atoms with van der Waals surface area (Å²) < 4.78 is 11.3. The van der Waals surface area contributed by atoms with Gasteiger partial charge in [0.25, 0.3) is 0 Å². The molecule has 0 atom stereocenters. The maximum absolute atomic E-state index is 12.3. The normalized spacial score (nSPS) is 11.0. The van der Waals surface area contributed by atoms with Crippen LogP contribution in [0.15, 0.2) is 96.1 Å². The lowest BCUT2D eigenvalue weighted by molar-refractivity contribution is -0.121. The van der Waals surface area contributed by atoms with Crippen molar-refractivity contribution in [2.45, 2.75) is 25.9 Å². The number of ether oxygens (including phenoxy) is 2. The Kier molecular flexibility index (Phi) is 7.90. The third-order valence-corrected chi connectivity index (χ3v) is 5.58. The number of fused-ring (bicyclic) bond motifs is 1. The molecule has 0 heterocycles. The average molecular weight is 453 g/mol. The number of hydrogen-bond donors (Lipinski definition) is 1. The zero-order chi connectivity index (χ0) is 23.6. The van der Waals surface area contributed by atoms with E-state index in [2.05, 4.69) is 10.5 Å². The molecular weight excluding hydrogens is 424 g/mol. The number of benzene rings is 4. The van der Waals surface area contributed by atoms with Gasteiger partial charge in [-0.1, -0.05) is 72.8 Å². The zero-order valence-electron chi connectivity index (χ0n) is 19.2. The second-order valence-electron chi connectivity index (χ2n) is 7.97. The fourth-order valence-corrected chi connectivity index (χ4v) is 3.74. The van der Waals surface area contributed by atoms with Crippen molar-refractivity contribution in [2.75, 3.05) is 7.11 Å². The molecule has 1 amide bonds. The Morgan fingerprint density at radius 1 is 0.882 bits per heavy atom. The van der Waals surface area contributed by atoms with Crippen molar-refractivity contribution in [1.82, 2.24) is 5.43 Å². The van der Waals surface area contributed by atoms with Gasteiger partial charge in [0.15, 0.2) is 0 Å². The van der Waals surface area contributed by atoms with Crippen LogP contribution in [-0.4, -0.2) is 19.2 Å². The molecule has 5 heteroatoms. The van der Waals surface area contributed by atoms with Crippen LogP contribution in [0, 0.1) is 0 Å². The fraction of sp³-hybridized carbons (Fsp3) is 0.172. The highest BCUT2D eigenvalue weighted by Crippen LogP contribution is 2.27. The predicted octanol–water partition coefficient (Wildman–Crippen LogP) is 5.90. The van der Waals surface area contributed by atoms with Crippen molar-refractivity contribution in [3.8, 4) is 11.5 Å².